The lowest BCUT2D eigenvalue weighted by atomic mass is 10.1. The van der Waals surface area contributed by atoms with Gasteiger partial charge in [0, 0.05) is 5.69 Å². The zero-order valence-corrected chi connectivity index (χ0v) is 14.9. The monoisotopic (exact) mass is 342 g/mol. The van der Waals surface area contributed by atoms with Gasteiger partial charge in [-0.25, -0.2) is 8.42 Å². The second-order valence-electron chi connectivity index (χ2n) is 6.74. The SMILES string of the molecule is CC(C)CS(=O)(=O)Nc1ccc(CC(=O)NC(C)(C)CO)cc1. The van der Waals surface area contributed by atoms with Crippen molar-refractivity contribution in [3.8, 4) is 0 Å². The van der Waals surface area contributed by atoms with Gasteiger partial charge >= 0.3 is 0 Å². The first-order chi connectivity index (χ1) is 10.5. The summed E-state index contributed by atoms with van der Waals surface area (Å²) in [4.78, 5) is 11.9. The van der Waals surface area contributed by atoms with Crippen molar-refractivity contribution in [3.05, 3.63) is 29.8 Å². The topological polar surface area (TPSA) is 95.5 Å². The highest BCUT2D eigenvalue weighted by atomic mass is 32.2. The maximum atomic E-state index is 11.9. The van der Waals surface area contributed by atoms with Gasteiger partial charge in [0.2, 0.25) is 15.9 Å². The summed E-state index contributed by atoms with van der Waals surface area (Å²) >= 11 is 0. The van der Waals surface area contributed by atoms with Crippen LogP contribution in [0.1, 0.15) is 33.3 Å². The summed E-state index contributed by atoms with van der Waals surface area (Å²) in [5.74, 6) is -0.0875. The molecule has 1 rings (SSSR count). The predicted octanol–water partition coefficient (Wildman–Crippen LogP) is 1.51. The Morgan fingerprint density at radius 1 is 1.22 bits per heavy atom. The molecule has 0 aliphatic carbocycles. The van der Waals surface area contributed by atoms with Crippen LogP contribution >= 0.6 is 0 Å². The Bertz CT molecular complexity index is 622. The molecule has 6 nitrogen and oxygen atoms in total. The van der Waals surface area contributed by atoms with Crippen LogP contribution < -0.4 is 10.0 Å². The molecule has 0 radical (unpaired) electrons. The number of rotatable bonds is 8. The molecule has 0 aliphatic heterocycles. The second kappa shape index (κ2) is 7.79. The van der Waals surface area contributed by atoms with Crippen molar-refractivity contribution in [1.29, 1.82) is 0 Å². The quantitative estimate of drug-likeness (QED) is 0.667. The summed E-state index contributed by atoms with van der Waals surface area (Å²) in [5.41, 5.74) is 0.581. The lowest BCUT2D eigenvalue weighted by molar-refractivity contribution is -0.122. The molecule has 0 aliphatic rings. The van der Waals surface area contributed by atoms with Crippen LogP contribution in [-0.2, 0) is 21.2 Å². The minimum absolute atomic E-state index is 0.0466. The van der Waals surface area contributed by atoms with Gasteiger partial charge < -0.3 is 10.4 Å². The van der Waals surface area contributed by atoms with Gasteiger partial charge in [-0.15, -0.1) is 0 Å². The van der Waals surface area contributed by atoms with E-state index in [0.717, 1.165) is 5.56 Å². The van der Waals surface area contributed by atoms with Gasteiger partial charge in [-0.3, -0.25) is 9.52 Å². The van der Waals surface area contributed by atoms with Gasteiger partial charge in [-0.2, -0.15) is 0 Å². The van der Waals surface area contributed by atoms with E-state index in [9.17, 15) is 13.2 Å². The van der Waals surface area contributed by atoms with Gasteiger partial charge in [0.25, 0.3) is 0 Å². The number of carbonyl (C=O) groups excluding carboxylic acids is 1. The Morgan fingerprint density at radius 2 is 1.78 bits per heavy atom. The first kappa shape index (κ1) is 19.4. The molecule has 1 aromatic carbocycles. The number of benzene rings is 1. The summed E-state index contributed by atoms with van der Waals surface area (Å²) in [6, 6.07) is 6.69. The molecule has 0 aromatic heterocycles. The van der Waals surface area contributed by atoms with E-state index in [1.807, 2.05) is 13.8 Å². The van der Waals surface area contributed by atoms with Crippen LogP contribution in [0.4, 0.5) is 5.69 Å². The molecule has 0 spiro atoms. The molecule has 0 atom stereocenters. The zero-order chi connectivity index (χ0) is 17.7. The maximum absolute atomic E-state index is 11.9. The first-order valence-electron chi connectivity index (χ1n) is 7.54. The highest BCUT2D eigenvalue weighted by molar-refractivity contribution is 7.92. The largest absolute Gasteiger partial charge is 0.394 e. The smallest absolute Gasteiger partial charge is 0.232 e. The van der Waals surface area contributed by atoms with Gasteiger partial charge in [-0.1, -0.05) is 26.0 Å². The molecule has 23 heavy (non-hydrogen) atoms. The Labute approximate surface area is 138 Å². The third-order valence-electron chi connectivity index (χ3n) is 3.02. The molecule has 7 heteroatoms. The fraction of sp³-hybridized carbons (Fsp3) is 0.562. The fourth-order valence-electron chi connectivity index (χ4n) is 2.00. The molecule has 0 saturated heterocycles. The predicted molar refractivity (Wildman–Crippen MR) is 91.7 cm³/mol. The van der Waals surface area contributed by atoms with Crippen LogP contribution in [0.2, 0.25) is 0 Å². The summed E-state index contributed by atoms with van der Waals surface area (Å²) < 4.78 is 26.2. The van der Waals surface area contributed by atoms with Crippen LogP contribution in [0.5, 0.6) is 0 Å². The maximum Gasteiger partial charge on any atom is 0.232 e. The van der Waals surface area contributed by atoms with Crippen molar-refractivity contribution in [3.63, 3.8) is 0 Å². The number of carbonyl (C=O) groups is 1. The van der Waals surface area contributed by atoms with Crippen LogP contribution in [0.25, 0.3) is 0 Å². The molecule has 0 heterocycles. The molecular formula is C16H26N2O4S. The van der Waals surface area contributed by atoms with E-state index in [1.54, 1.807) is 38.1 Å². The van der Waals surface area contributed by atoms with Crippen LogP contribution in [0, 0.1) is 5.92 Å². The average Bonchev–Trinajstić information content (AvgIpc) is 2.38. The van der Waals surface area contributed by atoms with Gasteiger partial charge in [0.15, 0.2) is 0 Å². The average molecular weight is 342 g/mol. The third kappa shape index (κ3) is 7.47. The number of nitrogens with one attached hydrogen (secondary N) is 2. The number of anilines is 1. The summed E-state index contributed by atoms with van der Waals surface area (Å²) in [7, 11) is -3.35. The molecule has 0 bridgehead atoms. The molecule has 130 valence electrons. The van der Waals surface area contributed by atoms with E-state index in [4.69, 9.17) is 5.11 Å². The number of aliphatic hydroxyl groups is 1. The number of hydrogen-bond donors (Lipinski definition) is 3. The van der Waals surface area contributed by atoms with Crippen molar-refractivity contribution in [1.82, 2.24) is 5.32 Å². The van der Waals surface area contributed by atoms with E-state index < -0.39 is 15.6 Å². The van der Waals surface area contributed by atoms with E-state index in [-0.39, 0.29) is 30.6 Å². The molecular weight excluding hydrogens is 316 g/mol. The molecule has 1 aromatic rings. The summed E-state index contributed by atoms with van der Waals surface area (Å²) in [6.45, 7) is 7.01. The third-order valence-corrected chi connectivity index (χ3v) is 4.67. The lowest BCUT2D eigenvalue weighted by Gasteiger charge is -2.23. The minimum atomic E-state index is -3.35. The number of aliphatic hydroxyl groups excluding tert-OH is 1. The summed E-state index contributed by atoms with van der Waals surface area (Å²) in [5, 5.41) is 11.9. The van der Waals surface area contributed by atoms with Crippen molar-refractivity contribution in [2.45, 2.75) is 39.7 Å². The van der Waals surface area contributed by atoms with Crippen LogP contribution in [0.3, 0.4) is 0 Å². The second-order valence-corrected chi connectivity index (χ2v) is 8.51. The number of sulfonamides is 1. The van der Waals surface area contributed by atoms with Gasteiger partial charge in [0.1, 0.15) is 0 Å². The zero-order valence-electron chi connectivity index (χ0n) is 14.1. The van der Waals surface area contributed by atoms with E-state index in [1.165, 1.54) is 0 Å². The Kier molecular flexibility index (Phi) is 6.58. The van der Waals surface area contributed by atoms with E-state index >= 15 is 0 Å². The Morgan fingerprint density at radius 3 is 2.26 bits per heavy atom. The van der Waals surface area contributed by atoms with E-state index in [0.29, 0.717) is 5.69 Å². The molecule has 0 unspecified atom stereocenters. The Hall–Kier alpha value is -1.60. The fourth-order valence-corrected chi connectivity index (χ4v) is 3.45. The first-order valence-corrected chi connectivity index (χ1v) is 9.19. The molecule has 1 amide bonds. The van der Waals surface area contributed by atoms with Crippen LogP contribution in [-0.4, -0.2) is 37.3 Å². The van der Waals surface area contributed by atoms with Gasteiger partial charge in [0.05, 0.1) is 24.3 Å². The van der Waals surface area contributed by atoms with Crippen molar-refractivity contribution in [2.75, 3.05) is 17.1 Å². The van der Waals surface area contributed by atoms with Crippen molar-refractivity contribution in [2.24, 2.45) is 5.92 Å². The number of hydrogen-bond acceptors (Lipinski definition) is 4. The molecule has 0 saturated carbocycles. The Balaban J connectivity index is 2.65. The highest BCUT2D eigenvalue weighted by Crippen LogP contribution is 2.13. The van der Waals surface area contributed by atoms with E-state index in [2.05, 4.69) is 10.0 Å². The minimum Gasteiger partial charge on any atom is -0.394 e. The van der Waals surface area contributed by atoms with Crippen LogP contribution in [0.15, 0.2) is 24.3 Å². The van der Waals surface area contributed by atoms with Crippen molar-refractivity contribution >= 4 is 21.6 Å². The molecule has 3 N–H and O–H groups in total. The number of amides is 1. The normalized spacial score (nSPS) is 12.3. The van der Waals surface area contributed by atoms with Crippen molar-refractivity contribution < 1.29 is 18.3 Å². The van der Waals surface area contributed by atoms with Gasteiger partial charge in [-0.05, 0) is 37.5 Å². The molecule has 0 fully saturated rings. The standard InChI is InChI=1S/C16H26N2O4S/c1-12(2)10-23(21,22)18-14-7-5-13(6-8-14)9-15(20)17-16(3,4)11-19/h5-8,12,18-19H,9-11H2,1-4H3,(H,17,20). The lowest BCUT2D eigenvalue weighted by Crippen LogP contribution is -2.46. The summed E-state index contributed by atoms with van der Waals surface area (Å²) in [6.07, 6.45) is 0.169. The highest BCUT2D eigenvalue weighted by Gasteiger charge is 2.19.